The largest absolute Gasteiger partial charge is 0.442 e. The fraction of sp³-hybridized carbons (Fsp3) is 0.286. The molecule has 0 radical (unpaired) electrons. The quantitative estimate of drug-likeness (QED) is 0.649. The number of hydrogen-bond acceptors (Lipinski definition) is 5. The van der Waals surface area contributed by atoms with E-state index in [1.54, 1.807) is 45.0 Å². The molecule has 0 fully saturated rings. The summed E-state index contributed by atoms with van der Waals surface area (Å²) in [7, 11) is 0. The normalized spacial score (nSPS) is 11.5. The number of nitrogens with zero attached hydrogens (tertiary/aromatic N) is 3. The molecule has 2 N–H and O–H groups in total. The van der Waals surface area contributed by atoms with E-state index in [0.717, 1.165) is 0 Å². The average Bonchev–Trinajstić information content (AvgIpc) is 3.14. The predicted molar refractivity (Wildman–Crippen MR) is 106 cm³/mol. The zero-order valence-corrected chi connectivity index (χ0v) is 16.4. The zero-order valence-electron chi connectivity index (χ0n) is 16.4. The smallest absolute Gasteiger partial charge is 0.313 e. The molecule has 0 saturated carbocycles. The standard InChI is InChI=1S/C21H22F2N4O2.H2/c1-21(2,3)20(28)29-12-27-11-25-19(26-27)14-6-4-5-13(7-14)15-8-17(22)16(10-24)18(23)9-15;/h4-9,11H,10,12,24H2,1-3H3;1H. The molecule has 3 rings (SSSR count). The van der Waals surface area contributed by atoms with Gasteiger partial charge in [-0.2, -0.15) is 0 Å². The molecule has 3 aromatic rings. The highest BCUT2D eigenvalue weighted by Gasteiger charge is 2.23. The average molecular weight is 402 g/mol. The van der Waals surface area contributed by atoms with Crippen LogP contribution in [0.3, 0.4) is 0 Å². The van der Waals surface area contributed by atoms with E-state index in [4.69, 9.17) is 10.5 Å². The van der Waals surface area contributed by atoms with Crippen molar-refractivity contribution in [2.75, 3.05) is 0 Å². The number of carbonyl (C=O) groups is 1. The summed E-state index contributed by atoms with van der Waals surface area (Å²) in [6.07, 6.45) is 1.45. The van der Waals surface area contributed by atoms with Crippen molar-refractivity contribution in [3.05, 3.63) is 59.9 Å². The number of carbonyl (C=O) groups excluding carboxylic acids is 1. The molecule has 8 heteroatoms. The molecular formula is C21H24F2N4O2. The van der Waals surface area contributed by atoms with E-state index in [2.05, 4.69) is 10.1 Å². The molecule has 0 aliphatic carbocycles. The van der Waals surface area contributed by atoms with Crippen LogP contribution in [0.25, 0.3) is 22.5 Å². The molecule has 154 valence electrons. The first-order valence-corrected chi connectivity index (χ1v) is 9.04. The first-order chi connectivity index (χ1) is 13.7. The Hall–Kier alpha value is -3.13. The molecule has 0 unspecified atom stereocenters. The Morgan fingerprint density at radius 2 is 1.79 bits per heavy atom. The van der Waals surface area contributed by atoms with Gasteiger partial charge in [0.2, 0.25) is 0 Å². The fourth-order valence-corrected chi connectivity index (χ4v) is 2.63. The third-order valence-corrected chi connectivity index (χ3v) is 4.28. The van der Waals surface area contributed by atoms with Gasteiger partial charge in [0.25, 0.3) is 0 Å². The number of halogens is 2. The van der Waals surface area contributed by atoms with E-state index in [0.29, 0.717) is 22.5 Å². The number of benzene rings is 2. The first-order valence-electron chi connectivity index (χ1n) is 9.04. The Balaban J connectivity index is 0.00000320. The van der Waals surface area contributed by atoms with Crippen molar-refractivity contribution in [1.82, 2.24) is 14.8 Å². The van der Waals surface area contributed by atoms with Crippen LogP contribution in [0, 0.1) is 17.0 Å². The van der Waals surface area contributed by atoms with Crippen LogP contribution in [0.15, 0.2) is 42.7 Å². The minimum Gasteiger partial charge on any atom is -0.442 e. The van der Waals surface area contributed by atoms with Gasteiger partial charge in [-0.05, 0) is 50.1 Å². The molecule has 0 spiro atoms. The summed E-state index contributed by atoms with van der Waals surface area (Å²) in [6, 6.07) is 9.51. The molecule has 0 bridgehead atoms. The minimum atomic E-state index is -0.684. The van der Waals surface area contributed by atoms with Crippen molar-refractivity contribution >= 4 is 5.97 Å². The van der Waals surface area contributed by atoms with Gasteiger partial charge >= 0.3 is 5.97 Å². The van der Waals surface area contributed by atoms with Crippen LogP contribution in [0.1, 0.15) is 27.8 Å². The number of nitrogens with two attached hydrogens (primary N) is 1. The third-order valence-electron chi connectivity index (χ3n) is 4.28. The SMILES string of the molecule is CC(C)(C)C(=O)OCn1cnc(-c2cccc(-c3cc(F)c(CN)c(F)c3)c2)n1.[HH]. The Labute approximate surface area is 168 Å². The van der Waals surface area contributed by atoms with Gasteiger partial charge in [-0.15, -0.1) is 5.10 Å². The van der Waals surface area contributed by atoms with Crippen LogP contribution < -0.4 is 5.73 Å². The Morgan fingerprint density at radius 1 is 1.14 bits per heavy atom. The lowest BCUT2D eigenvalue weighted by Crippen LogP contribution is -2.24. The van der Waals surface area contributed by atoms with Gasteiger partial charge in [0, 0.05) is 19.1 Å². The van der Waals surface area contributed by atoms with Crippen molar-refractivity contribution in [1.29, 1.82) is 0 Å². The van der Waals surface area contributed by atoms with Gasteiger partial charge < -0.3 is 10.5 Å². The molecule has 6 nitrogen and oxygen atoms in total. The van der Waals surface area contributed by atoms with Crippen molar-refractivity contribution in [3.63, 3.8) is 0 Å². The van der Waals surface area contributed by atoms with Crippen LogP contribution in [-0.4, -0.2) is 20.7 Å². The molecule has 0 amide bonds. The predicted octanol–water partition coefficient (Wildman–Crippen LogP) is 4.14. The third kappa shape index (κ3) is 4.65. The van der Waals surface area contributed by atoms with Gasteiger partial charge in [0.1, 0.15) is 18.0 Å². The van der Waals surface area contributed by atoms with Gasteiger partial charge in [-0.1, -0.05) is 18.2 Å². The van der Waals surface area contributed by atoms with Gasteiger partial charge in [0.05, 0.1) is 5.41 Å². The van der Waals surface area contributed by atoms with Crippen LogP contribution in [-0.2, 0) is 22.8 Å². The lowest BCUT2D eigenvalue weighted by atomic mass is 9.98. The van der Waals surface area contributed by atoms with Crippen LogP contribution in [0.4, 0.5) is 8.78 Å². The van der Waals surface area contributed by atoms with E-state index in [-0.39, 0.29) is 26.2 Å². The number of hydrogen-bond donors (Lipinski definition) is 1. The number of rotatable bonds is 5. The summed E-state index contributed by atoms with van der Waals surface area (Å²) in [5.41, 5.74) is 6.28. The molecular weight excluding hydrogens is 378 g/mol. The topological polar surface area (TPSA) is 83.0 Å². The van der Waals surface area contributed by atoms with Crippen LogP contribution in [0.5, 0.6) is 0 Å². The molecule has 0 saturated heterocycles. The molecule has 0 aliphatic rings. The zero-order chi connectivity index (χ0) is 21.2. The summed E-state index contributed by atoms with van der Waals surface area (Å²) in [5, 5.41) is 4.30. The van der Waals surface area contributed by atoms with Crippen molar-refractivity contribution in [3.8, 4) is 22.5 Å². The summed E-state index contributed by atoms with van der Waals surface area (Å²) in [5.74, 6) is -1.31. The second-order valence-corrected chi connectivity index (χ2v) is 7.62. The van der Waals surface area contributed by atoms with Crippen LogP contribution >= 0.6 is 0 Å². The van der Waals surface area contributed by atoms with Crippen LogP contribution in [0.2, 0.25) is 0 Å². The molecule has 1 heterocycles. The second-order valence-electron chi connectivity index (χ2n) is 7.62. The van der Waals surface area contributed by atoms with E-state index >= 15 is 0 Å². The molecule has 0 atom stereocenters. The molecule has 1 aromatic heterocycles. The molecule has 2 aromatic carbocycles. The lowest BCUT2D eigenvalue weighted by molar-refractivity contribution is -0.157. The Morgan fingerprint density at radius 3 is 2.41 bits per heavy atom. The monoisotopic (exact) mass is 402 g/mol. The maximum absolute atomic E-state index is 14.1. The summed E-state index contributed by atoms with van der Waals surface area (Å²) in [6.45, 7) is 5.02. The van der Waals surface area contributed by atoms with E-state index in [1.165, 1.54) is 23.1 Å². The highest BCUT2D eigenvalue weighted by molar-refractivity contribution is 5.75. The summed E-state index contributed by atoms with van der Waals surface area (Å²) >= 11 is 0. The van der Waals surface area contributed by atoms with Gasteiger partial charge in [-0.25, -0.2) is 18.4 Å². The van der Waals surface area contributed by atoms with Crippen molar-refractivity contribution < 1.29 is 19.7 Å². The van der Waals surface area contributed by atoms with E-state index in [9.17, 15) is 13.6 Å². The fourth-order valence-electron chi connectivity index (χ4n) is 2.63. The van der Waals surface area contributed by atoms with E-state index in [1.807, 2.05) is 0 Å². The van der Waals surface area contributed by atoms with E-state index < -0.39 is 17.0 Å². The Kier molecular flexibility index (Phi) is 5.74. The Bertz CT molecular complexity index is 1020. The highest BCUT2D eigenvalue weighted by Crippen LogP contribution is 2.27. The summed E-state index contributed by atoms with van der Waals surface area (Å²) < 4.78 is 34.8. The van der Waals surface area contributed by atoms with Gasteiger partial charge in [0.15, 0.2) is 12.6 Å². The molecule has 29 heavy (non-hydrogen) atoms. The molecule has 0 aliphatic heterocycles. The van der Waals surface area contributed by atoms with Crippen molar-refractivity contribution in [2.45, 2.75) is 34.0 Å². The maximum Gasteiger partial charge on any atom is 0.313 e. The second kappa shape index (κ2) is 8.08. The minimum absolute atomic E-state index is 0. The highest BCUT2D eigenvalue weighted by atomic mass is 19.1. The maximum atomic E-state index is 14.1. The summed E-state index contributed by atoms with van der Waals surface area (Å²) in [4.78, 5) is 16.1. The lowest BCUT2D eigenvalue weighted by Gasteiger charge is -2.16. The number of aromatic nitrogens is 3. The number of esters is 1. The number of ether oxygens (including phenoxy) is 1. The van der Waals surface area contributed by atoms with Crippen molar-refractivity contribution in [2.24, 2.45) is 11.1 Å². The van der Waals surface area contributed by atoms with Gasteiger partial charge in [-0.3, -0.25) is 4.79 Å². The first kappa shape index (κ1) is 20.6.